The first-order valence-corrected chi connectivity index (χ1v) is 11.3. The third kappa shape index (κ3) is 8.00. The van der Waals surface area contributed by atoms with Crippen molar-refractivity contribution in [3.63, 3.8) is 0 Å². The molecule has 1 amide bonds. The molecule has 0 unspecified atom stereocenters. The number of nitrogens with zero attached hydrogens (tertiary/aromatic N) is 2. The third-order valence-corrected chi connectivity index (χ3v) is 5.88. The number of likely N-dealkylation sites (tertiary alicyclic amines) is 1. The number of unbranched alkanes of at least 4 members (excludes halogenated alkanes) is 1. The number of hydrogen-bond donors (Lipinski definition) is 0. The first kappa shape index (κ1) is 23.6. The van der Waals surface area contributed by atoms with Crippen LogP contribution in [-0.4, -0.2) is 71.8 Å². The zero-order chi connectivity index (χ0) is 20.9. The first-order chi connectivity index (χ1) is 12.9. The molecule has 0 atom stereocenters. The van der Waals surface area contributed by atoms with Gasteiger partial charge in [0.15, 0.2) is 0 Å². The standard InChI is InChI=1S/C23H44N2O3/c1-22(2,3)27-15-9-8-10-21(26)25-13-11-18(12-14-25)24(7)19-16-20(17-19)28-23(4,5)6/h18-20H,8-17H2,1-7H3. The van der Waals surface area contributed by atoms with Gasteiger partial charge in [-0.05, 0) is 87.1 Å². The van der Waals surface area contributed by atoms with Gasteiger partial charge in [0.25, 0.3) is 0 Å². The molecule has 2 rings (SSSR count). The molecule has 0 bridgehead atoms. The molecule has 0 aromatic heterocycles. The van der Waals surface area contributed by atoms with Crippen molar-refractivity contribution in [2.24, 2.45) is 0 Å². The molecule has 0 aromatic rings. The Hall–Kier alpha value is -0.650. The highest BCUT2D eigenvalue weighted by Gasteiger charge is 2.38. The van der Waals surface area contributed by atoms with Gasteiger partial charge >= 0.3 is 0 Å². The lowest BCUT2D eigenvalue weighted by molar-refractivity contribution is -0.134. The molecular weight excluding hydrogens is 352 g/mol. The van der Waals surface area contributed by atoms with Crippen LogP contribution in [0.4, 0.5) is 0 Å². The maximum Gasteiger partial charge on any atom is 0.222 e. The average molecular weight is 397 g/mol. The van der Waals surface area contributed by atoms with Crippen LogP contribution in [0.3, 0.4) is 0 Å². The van der Waals surface area contributed by atoms with Gasteiger partial charge in [-0.2, -0.15) is 0 Å². The molecule has 5 heteroatoms. The Morgan fingerprint density at radius 1 is 0.964 bits per heavy atom. The second-order valence-corrected chi connectivity index (χ2v) is 10.7. The zero-order valence-corrected chi connectivity index (χ0v) is 19.4. The van der Waals surface area contributed by atoms with Crippen molar-refractivity contribution in [3.8, 4) is 0 Å². The Morgan fingerprint density at radius 2 is 1.57 bits per heavy atom. The van der Waals surface area contributed by atoms with E-state index in [1.54, 1.807) is 0 Å². The summed E-state index contributed by atoms with van der Waals surface area (Å²) in [5.41, 5.74) is -0.129. The quantitative estimate of drug-likeness (QED) is 0.576. The van der Waals surface area contributed by atoms with Crippen molar-refractivity contribution >= 4 is 5.91 Å². The number of rotatable bonds is 8. The summed E-state index contributed by atoms with van der Waals surface area (Å²) in [6, 6.07) is 1.24. The van der Waals surface area contributed by atoms with Gasteiger partial charge in [-0.25, -0.2) is 0 Å². The molecule has 1 saturated carbocycles. The van der Waals surface area contributed by atoms with E-state index in [1.807, 2.05) is 0 Å². The summed E-state index contributed by atoms with van der Waals surface area (Å²) >= 11 is 0. The molecule has 0 aromatic carbocycles. The fraction of sp³-hybridized carbons (Fsp3) is 0.957. The van der Waals surface area contributed by atoms with Gasteiger partial charge in [-0.3, -0.25) is 4.79 Å². The maximum atomic E-state index is 12.5. The Balaban J connectivity index is 1.60. The summed E-state index contributed by atoms with van der Waals surface area (Å²) in [6.45, 7) is 15.2. The van der Waals surface area contributed by atoms with Crippen molar-refractivity contribution in [2.45, 2.75) is 116 Å². The molecule has 164 valence electrons. The van der Waals surface area contributed by atoms with Crippen LogP contribution in [0.5, 0.6) is 0 Å². The molecule has 28 heavy (non-hydrogen) atoms. The van der Waals surface area contributed by atoms with Gasteiger partial charge in [0, 0.05) is 38.2 Å². The lowest BCUT2D eigenvalue weighted by Crippen LogP contribution is -2.54. The van der Waals surface area contributed by atoms with E-state index in [0.717, 1.165) is 58.2 Å². The molecule has 5 nitrogen and oxygen atoms in total. The largest absolute Gasteiger partial charge is 0.376 e. The van der Waals surface area contributed by atoms with E-state index in [2.05, 4.69) is 58.4 Å². The molecule has 2 fully saturated rings. The maximum absolute atomic E-state index is 12.5. The van der Waals surface area contributed by atoms with Gasteiger partial charge in [0.2, 0.25) is 5.91 Å². The second-order valence-electron chi connectivity index (χ2n) is 10.7. The minimum Gasteiger partial charge on any atom is -0.376 e. The van der Waals surface area contributed by atoms with Gasteiger partial charge in [-0.1, -0.05) is 0 Å². The number of carbonyl (C=O) groups excluding carboxylic acids is 1. The van der Waals surface area contributed by atoms with E-state index in [0.29, 0.717) is 30.5 Å². The number of piperidine rings is 1. The number of amides is 1. The smallest absolute Gasteiger partial charge is 0.222 e. The molecule has 1 aliphatic carbocycles. The van der Waals surface area contributed by atoms with Crippen LogP contribution in [0.15, 0.2) is 0 Å². The number of ether oxygens (including phenoxy) is 2. The predicted octanol–water partition coefficient (Wildman–Crippen LogP) is 4.24. The summed E-state index contributed by atoms with van der Waals surface area (Å²) in [6.07, 6.45) is 7.42. The monoisotopic (exact) mass is 396 g/mol. The van der Waals surface area contributed by atoms with E-state index in [4.69, 9.17) is 9.47 Å². The van der Waals surface area contributed by atoms with Gasteiger partial charge in [-0.15, -0.1) is 0 Å². The van der Waals surface area contributed by atoms with Gasteiger partial charge < -0.3 is 19.3 Å². The Labute approximate surface area is 173 Å². The highest BCUT2D eigenvalue weighted by molar-refractivity contribution is 5.76. The van der Waals surface area contributed by atoms with Crippen molar-refractivity contribution in [3.05, 3.63) is 0 Å². The fourth-order valence-electron chi connectivity index (χ4n) is 4.20. The lowest BCUT2D eigenvalue weighted by Gasteiger charge is -2.47. The second kappa shape index (κ2) is 9.90. The van der Waals surface area contributed by atoms with Crippen LogP contribution in [0.1, 0.15) is 86.5 Å². The first-order valence-electron chi connectivity index (χ1n) is 11.3. The fourth-order valence-corrected chi connectivity index (χ4v) is 4.20. The van der Waals surface area contributed by atoms with Crippen LogP contribution in [0.25, 0.3) is 0 Å². The molecule has 2 aliphatic rings. The third-order valence-electron chi connectivity index (χ3n) is 5.88. The summed E-state index contributed by atoms with van der Waals surface area (Å²) in [7, 11) is 2.26. The predicted molar refractivity (Wildman–Crippen MR) is 115 cm³/mol. The molecule has 1 aliphatic heterocycles. The van der Waals surface area contributed by atoms with E-state index in [9.17, 15) is 4.79 Å². The topological polar surface area (TPSA) is 42.0 Å². The van der Waals surface area contributed by atoms with Crippen LogP contribution in [-0.2, 0) is 14.3 Å². The molecule has 0 radical (unpaired) electrons. The summed E-state index contributed by atoms with van der Waals surface area (Å²) in [5, 5.41) is 0. The summed E-state index contributed by atoms with van der Waals surface area (Å²) in [4.78, 5) is 17.1. The number of hydrogen-bond acceptors (Lipinski definition) is 4. The minimum absolute atomic E-state index is 0.0429. The minimum atomic E-state index is -0.0861. The van der Waals surface area contributed by atoms with Crippen molar-refractivity contribution in [2.75, 3.05) is 26.7 Å². The van der Waals surface area contributed by atoms with Crippen molar-refractivity contribution in [1.29, 1.82) is 0 Å². The van der Waals surface area contributed by atoms with Crippen LogP contribution in [0.2, 0.25) is 0 Å². The Kier molecular flexibility index (Phi) is 8.36. The molecule has 0 spiro atoms. The molecule has 1 saturated heterocycles. The van der Waals surface area contributed by atoms with Crippen LogP contribution < -0.4 is 0 Å². The van der Waals surface area contributed by atoms with E-state index >= 15 is 0 Å². The average Bonchev–Trinajstić information content (AvgIpc) is 2.55. The molecule has 0 N–H and O–H groups in total. The van der Waals surface area contributed by atoms with E-state index in [1.165, 1.54) is 0 Å². The highest BCUT2D eigenvalue weighted by Crippen LogP contribution is 2.33. The van der Waals surface area contributed by atoms with E-state index in [-0.39, 0.29) is 11.2 Å². The van der Waals surface area contributed by atoms with Gasteiger partial charge in [0.05, 0.1) is 17.3 Å². The van der Waals surface area contributed by atoms with Gasteiger partial charge in [0.1, 0.15) is 0 Å². The highest BCUT2D eigenvalue weighted by atomic mass is 16.5. The number of carbonyl (C=O) groups is 1. The van der Waals surface area contributed by atoms with Crippen LogP contribution in [0, 0.1) is 0 Å². The summed E-state index contributed by atoms with van der Waals surface area (Å²) in [5.74, 6) is 0.319. The molecular formula is C23H44N2O3. The Morgan fingerprint density at radius 3 is 2.11 bits per heavy atom. The van der Waals surface area contributed by atoms with Crippen LogP contribution >= 0.6 is 0 Å². The normalized spacial score (nSPS) is 24.5. The van der Waals surface area contributed by atoms with Crippen molar-refractivity contribution < 1.29 is 14.3 Å². The summed E-state index contributed by atoms with van der Waals surface area (Å²) < 4.78 is 11.8. The Bertz CT molecular complexity index is 481. The lowest BCUT2D eigenvalue weighted by atomic mass is 9.85. The van der Waals surface area contributed by atoms with E-state index < -0.39 is 0 Å². The molecule has 1 heterocycles. The zero-order valence-electron chi connectivity index (χ0n) is 19.4. The SMILES string of the molecule is CN(C1CCN(C(=O)CCCCOC(C)(C)C)CC1)C1CC(OC(C)(C)C)C1. The van der Waals surface area contributed by atoms with Crippen molar-refractivity contribution in [1.82, 2.24) is 9.80 Å².